The summed E-state index contributed by atoms with van der Waals surface area (Å²) >= 11 is 0. The summed E-state index contributed by atoms with van der Waals surface area (Å²) in [4.78, 5) is 0. The van der Waals surface area contributed by atoms with Crippen LogP contribution in [0, 0.1) is 19.7 Å². The minimum atomic E-state index is -0.163. The van der Waals surface area contributed by atoms with E-state index in [2.05, 4.69) is 18.3 Å². The smallest absolute Gasteiger partial charge is 0.123 e. The predicted octanol–water partition coefficient (Wildman–Crippen LogP) is 4.88. The van der Waals surface area contributed by atoms with Gasteiger partial charge in [-0.15, -0.1) is 0 Å². The molecule has 2 nitrogen and oxygen atoms in total. The summed E-state index contributed by atoms with van der Waals surface area (Å²) in [6.07, 6.45) is 3.03. The Kier molecular flexibility index (Phi) is 4.40. The number of rotatable bonds is 3. The number of halogens is 1. The number of aromatic hydroxyl groups is 1. The van der Waals surface area contributed by atoms with Gasteiger partial charge in [0.05, 0.1) is 0 Å². The quantitative estimate of drug-likeness (QED) is 0.846. The van der Waals surface area contributed by atoms with E-state index in [-0.39, 0.29) is 17.9 Å². The molecule has 0 aliphatic heterocycles. The van der Waals surface area contributed by atoms with Crippen LogP contribution in [-0.2, 0) is 6.42 Å². The molecular weight excluding hydrogens is 289 g/mol. The van der Waals surface area contributed by atoms with Crippen molar-refractivity contribution < 1.29 is 9.50 Å². The zero-order chi connectivity index (χ0) is 16.6. The Morgan fingerprint density at radius 3 is 2.74 bits per heavy atom. The first-order valence-electron chi connectivity index (χ1n) is 8.30. The van der Waals surface area contributed by atoms with Gasteiger partial charge in [-0.25, -0.2) is 4.39 Å². The molecule has 2 aromatic carbocycles. The van der Waals surface area contributed by atoms with Gasteiger partial charge >= 0.3 is 0 Å². The lowest BCUT2D eigenvalue weighted by molar-refractivity contribution is 0.398. The molecule has 2 atom stereocenters. The van der Waals surface area contributed by atoms with Crippen molar-refractivity contribution in [3.05, 3.63) is 64.0 Å². The minimum Gasteiger partial charge on any atom is -0.508 e. The third-order valence-corrected chi connectivity index (χ3v) is 4.81. The molecule has 1 aliphatic carbocycles. The van der Waals surface area contributed by atoms with Crippen LogP contribution in [0.3, 0.4) is 0 Å². The molecule has 0 aromatic heterocycles. The monoisotopic (exact) mass is 313 g/mol. The Balaban J connectivity index is 1.86. The van der Waals surface area contributed by atoms with E-state index in [9.17, 15) is 9.50 Å². The third-order valence-electron chi connectivity index (χ3n) is 4.81. The number of phenols is 1. The molecule has 2 N–H and O–H groups in total. The maximum atomic E-state index is 13.4. The second kappa shape index (κ2) is 6.32. The maximum absolute atomic E-state index is 13.4. The molecule has 0 bridgehead atoms. The molecule has 0 spiro atoms. The van der Waals surface area contributed by atoms with E-state index in [1.54, 1.807) is 6.07 Å². The van der Waals surface area contributed by atoms with Crippen molar-refractivity contribution in [2.24, 2.45) is 0 Å². The lowest BCUT2D eigenvalue weighted by Gasteiger charge is -2.30. The zero-order valence-corrected chi connectivity index (χ0v) is 14.0. The fraction of sp³-hybridized carbons (Fsp3) is 0.400. The molecule has 0 saturated carbocycles. The van der Waals surface area contributed by atoms with Crippen molar-refractivity contribution in [1.82, 2.24) is 5.32 Å². The van der Waals surface area contributed by atoms with Gasteiger partial charge in [0.1, 0.15) is 11.6 Å². The average molecular weight is 313 g/mol. The van der Waals surface area contributed by atoms with Crippen LogP contribution in [0.4, 0.5) is 4.39 Å². The summed E-state index contributed by atoms with van der Waals surface area (Å²) < 4.78 is 13.4. The summed E-state index contributed by atoms with van der Waals surface area (Å²) in [5.74, 6) is 0.183. The van der Waals surface area contributed by atoms with E-state index >= 15 is 0 Å². The molecular formula is C20H24FNO. The van der Waals surface area contributed by atoms with Crippen LogP contribution in [0.25, 0.3) is 0 Å². The first kappa shape index (κ1) is 16.0. The predicted molar refractivity (Wildman–Crippen MR) is 91.2 cm³/mol. The topological polar surface area (TPSA) is 32.3 Å². The number of phenolic OH excluding ortho intramolecular Hbond substituents is 1. The van der Waals surface area contributed by atoms with Crippen LogP contribution in [-0.4, -0.2) is 5.11 Å². The summed E-state index contributed by atoms with van der Waals surface area (Å²) in [5.41, 5.74) is 5.40. The van der Waals surface area contributed by atoms with Crippen molar-refractivity contribution in [1.29, 1.82) is 0 Å². The average Bonchev–Trinajstić information content (AvgIpc) is 2.46. The number of benzene rings is 2. The van der Waals surface area contributed by atoms with E-state index < -0.39 is 0 Å². The highest BCUT2D eigenvalue weighted by Crippen LogP contribution is 2.35. The van der Waals surface area contributed by atoms with Gasteiger partial charge in [0.2, 0.25) is 0 Å². The highest BCUT2D eigenvalue weighted by atomic mass is 19.1. The maximum Gasteiger partial charge on any atom is 0.123 e. The van der Waals surface area contributed by atoms with Gasteiger partial charge in [0.15, 0.2) is 0 Å². The summed E-state index contributed by atoms with van der Waals surface area (Å²) in [6.45, 7) is 6.10. The van der Waals surface area contributed by atoms with E-state index in [1.165, 1.54) is 11.6 Å². The Morgan fingerprint density at radius 1 is 1.22 bits per heavy atom. The molecule has 3 rings (SSSR count). The number of hydrogen-bond acceptors (Lipinski definition) is 2. The number of hydrogen-bond donors (Lipinski definition) is 2. The fourth-order valence-electron chi connectivity index (χ4n) is 3.86. The normalized spacial score (nSPS) is 18.5. The highest BCUT2D eigenvalue weighted by Gasteiger charge is 2.24. The second-order valence-corrected chi connectivity index (χ2v) is 6.69. The van der Waals surface area contributed by atoms with Crippen LogP contribution in [0.5, 0.6) is 5.75 Å². The molecule has 0 amide bonds. The number of aryl methyl sites for hydroxylation is 3. The lowest BCUT2D eigenvalue weighted by atomic mass is 9.86. The first-order valence-corrected chi connectivity index (χ1v) is 8.30. The van der Waals surface area contributed by atoms with Crippen molar-refractivity contribution in [2.75, 3.05) is 0 Å². The van der Waals surface area contributed by atoms with Gasteiger partial charge in [-0.1, -0.05) is 12.1 Å². The van der Waals surface area contributed by atoms with Crippen LogP contribution < -0.4 is 5.32 Å². The van der Waals surface area contributed by atoms with Gasteiger partial charge in [-0.05, 0) is 80.5 Å². The Labute approximate surface area is 137 Å². The van der Waals surface area contributed by atoms with E-state index in [1.807, 2.05) is 26.0 Å². The van der Waals surface area contributed by atoms with Crippen molar-refractivity contribution in [3.8, 4) is 5.75 Å². The van der Waals surface area contributed by atoms with Gasteiger partial charge in [0, 0.05) is 17.6 Å². The van der Waals surface area contributed by atoms with Crippen LogP contribution >= 0.6 is 0 Å². The molecule has 0 saturated heterocycles. The molecule has 1 aliphatic rings. The summed E-state index contributed by atoms with van der Waals surface area (Å²) in [7, 11) is 0. The molecule has 3 heteroatoms. The number of nitrogens with one attached hydrogen (secondary N) is 1. The van der Waals surface area contributed by atoms with Gasteiger partial charge in [0.25, 0.3) is 0 Å². The SMILES string of the molecule is Cc1cc(C)c([C@@H](C)N[C@H]2CCCc3cc(F)ccc32)c(O)c1. The van der Waals surface area contributed by atoms with E-state index in [0.29, 0.717) is 5.75 Å². The molecule has 122 valence electrons. The van der Waals surface area contributed by atoms with Crippen LogP contribution in [0.2, 0.25) is 0 Å². The summed E-state index contributed by atoms with van der Waals surface area (Å²) in [5, 5.41) is 13.9. The Bertz CT molecular complexity index is 703. The molecule has 0 radical (unpaired) electrons. The molecule has 2 aromatic rings. The van der Waals surface area contributed by atoms with Gasteiger partial charge in [-0.3, -0.25) is 0 Å². The number of fused-ring (bicyclic) bond motifs is 1. The molecule has 0 unspecified atom stereocenters. The van der Waals surface area contributed by atoms with Crippen LogP contribution in [0.1, 0.15) is 59.7 Å². The minimum absolute atomic E-state index is 0.0385. The highest BCUT2D eigenvalue weighted by molar-refractivity contribution is 5.44. The Morgan fingerprint density at radius 2 is 2.00 bits per heavy atom. The Hall–Kier alpha value is -1.87. The van der Waals surface area contributed by atoms with E-state index in [0.717, 1.165) is 41.5 Å². The molecule has 0 heterocycles. The lowest BCUT2D eigenvalue weighted by Crippen LogP contribution is -2.28. The van der Waals surface area contributed by atoms with Crippen molar-refractivity contribution >= 4 is 0 Å². The standard InChI is InChI=1S/C20H24FNO/c1-12-9-13(2)20(19(23)10-12)14(3)22-18-6-4-5-15-11-16(21)7-8-17(15)18/h7-11,14,18,22-23H,4-6H2,1-3H3/t14-,18+/m1/s1. The molecule has 0 fully saturated rings. The van der Waals surface area contributed by atoms with Crippen molar-refractivity contribution in [3.63, 3.8) is 0 Å². The largest absolute Gasteiger partial charge is 0.508 e. The van der Waals surface area contributed by atoms with Crippen molar-refractivity contribution in [2.45, 2.75) is 52.1 Å². The zero-order valence-electron chi connectivity index (χ0n) is 14.0. The third kappa shape index (κ3) is 3.25. The van der Waals surface area contributed by atoms with Crippen LogP contribution in [0.15, 0.2) is 30.3 Å². The van der Waals surface area contributed by atoms with Gasteiger partial charge < -0.3 is 10.4 Å². The second-order valence-electron chi connectivity index (χ2n) is 6.69. The van der Waals surface area contributed by atoms with E-state index in [4.69, 9.17) is 0 Å². The fourth-order valence-corrected chi connectivity index (χ4v) is 3.86. The first-order chi connectivity index (χ1) is 11.0. The summed E-state index contributed by atoms with van der Waals surface area (Å²) in [6, 6.07) is 9.24. The molecule has 23 heavy (non-hydrogen) atoms. The van der Waals surface area contributed by atoms with Gasteiger partial charge in [-0.2, -0.15) is 0 Å².